The van der Waals surface area contributed by atoms with Crippen LogP contribution >= 0.6 is 11.3 Å². The normalized spacial score (nSPS) is 14.1. The van der Waals surface area contributed by atoms with Gasteiger partial charge in [-0.25, -0.2) is 8.42 Å². The average Bonchev–Trinajstić information content (AvgIpc) is 2.76. The summed E-state index contributed by atoms with van der Waals surface area (Å²) >= 11 is 1.56. The van der Waals surface area contributed by atoms with Gasteiger partial charge in [0.25, 0.3) is 0 Å². The SMILES string of the molecule is CCNCc1cc(S(=O)(=O)N(C)C(C)CC(C)C)c(C)s1. The fraction of sp³-hybridized carbons (Fsp3) is 0.733. The molecule has 1 rings (SSSR count). The third-order valence-electron chi connectivity index (χ3n) is 3.56. The summed E-state index contributed by atoms with van der Waals surface area (Å²) in [5.41, 5.74) is 0. The fourth-order valence-electron chi connectivity index (χ4n) is 2.34. The molecule has 4 nitrogen and oxygen atoms in total. The van der Waals surface area contributed by atoms with Gasteiger partial charge in [-0.3, -0.25) is 0 Å². The number of aryl methyl sites for hydroxylation is 1. The lowest BCUT2D eigenvalue weighted by atomic mass is 10.1. The summed E-state index contributed by atoms with van der Waals surface area (Å²) in [6, 6.07) is 1.82. The molecule has 0 radical (unpaired) electrons. The molecule has 0 bridgehead atoms. The van der Waals surface area contributed by atoms with Gasteiger partial charge >= 0.3 is 0 Å². The lowest BCUT2D eigenvalue weighted by molar-refractivity contribution is 0.338. The Bertz CT molecular complexity index is 550. The van der Waals surface area contributed by atoms with Crippen molar-refractivity contribution >= 4 is 21.4 Å². The Kier molecular flexibility index (Phi) is 6.84. The van der Waals surface area contributed by atoms with E-state index in [1.807, 2.05) is 26.8 Å². The van der Waals surface area contributed by atoms with Crippen molar-refractivity contribution in [1.29, 1.82) is 0 Å². The van der Waals surface area contributed by atoms with Crippen molar-refractivity contribution in [3.63, 3.8) is 0 Å². The lowest BCUT2D eigenvalue weighted by Crippen LogP contribution is -2.36. The highest BCUT2D eigenvalue weighted by atomic mass is 32.2. The topological polar surface area (TPSA) is 49.4 Å². The summed E-state index contributed by atoms with van der Waals surface area (Å²) in [5, 5.41) is 3.24. The monoisotopic (exact) mass is 332 g/mol. The first-order chi connectivity index (χ1) is 9.70. The number of thiophene rings is 1. The highest BCUT2D eigenvalue weighted by Gasteiger charge is 2.28. The van der Waals surface area contributed by atoms with Crippen LogP contribution in [0.5, 0.6) is 0 Å². The maximum absolute atomic E-state index is 12.8. The summed E-state index contributed by atoms with van der Waals surface area (Å²) in [4.78, 5) is 2.39. The van der Waals surface area contributed by atoms with Gasteiger partial charge in [0.15, 0.2) is 0 Å². The summed E-state index contributed by atoms with van der Waals surface area (Å²) in [6.07, 6.45) is 0.864. The van der Waals surface area contributed by atoms with Gasteiger partial charge < -0.3 is 5.32 Å². The number of rotatable bonds is 8. The molecule has 21 heavy (non-hydrogen) atoms. The van der Waals surface area contributed by atoms with Crippen LogP contribution < -0.4 is 5.32 Å². The van der Waals surface area contributed by atoms with Crippen LogP contribution in [0.3, 0.4) is 0 Å². The zero-order valence-electron chi connectivity index (χ0n) is 13.9. The van der Waals surface area contributed by atoms with E-state index >= 15 is 0 Å². The predicted octanol–water partition coefficient (Wildman–Crippen LogP) is 3.22. The first kappa shape index (κ1) is 18.6. The minimum Gasteiger partial charge on any atom is -0.312 e. The molecule has 1 N–H and O–H groups in total. The Morgan fingerprint density at radius 2 is 1.95 bits per heavy atom. The Morgan fingerprint density at radius 3 is 2.48 bits per heavy atom. The minimum absolute atomic E-state index is 0.00603. The maximum Gasteiger partial charge on any atom is 0.244 e. The summed E-state index contributed by atoms with van der Waals surface area (Å²) in [7, 11) is -1.72. The zero-order chi connectivity index (χ0) is 16.2. The zero-order valence-corrected chi connectivity index (χ0v) is 15.6. The second-order valence-electron chi connectivity index (χ2n) is 5.91. The van der Waals surface area contributed by atoms with Crippen molar-refractivity contribution in [3.05, 3.63) is 15.8 Å². The van der Waals surface area contributed by atoms with E-state index in [1.165, 1.54) is 4.31 Å². The van der Waals surface area contributed by atoms with E-state index in [9.17, 15) is 8.42 Å². The van der Waals surface area contributed by atoms with E-state index in [4.69, 9.17) is 0 Å². The number of hydrogen-bond donors (Lipinski definition) is 1. The Labute approximate surface area is 133 Å². The number of nitrogens with zero attached hydrogens (tertiary/aromatic N) is 1. The van der Waals surface area contributed by atoms with Gasteiger partial charge in [0.2, 0.25) is 10.0 Å². The van der Waals surface area contributed by atoms with Crippen LogP contribution in [0.4, 0.5) is 0 Å². The van der Waals surface area contributed by atoms with E-state index in [0.717, 1.165) is 29.3 Å². The first-order valence-corrected chi connectivity index (χ1v) is 9.73. The Hall–Kier alpha value is -0.430. The van der Waals surface area contributed by atoms with Crippen LogP contribution in [0.15, 0.2) is 11.0 Å². The second kappa shape index (κ2) is 7.72. The van der Waals surface area contributed by atoms with Gasteiger partial charge in [0.05, 0.1) is 4.90 Å². The highest BCUT2D eigenvalue weighted by Crippen LogP contribution is 2.29. The number of nitrogens with one attached hydrogen (secondary N) is 1. The predicted molar refractivity (Wildman–Crippen MR) is 90.3 cm³/mol. The third-order valence-corrected chi connectivity index (χ3v) is 6.84. The summed E-state index contributed by atoms with van der Waals surface area (Å²) < 4.78 is 27.1. The average molecular weight is 333 g/mol. The highest BCUT2D eigenvalue weighted by molar-refractivity contribution is 7.89. The molecule has 6 heteroatoms. The van der Waals surface area contributed by atoms with E-state index in [2.05, 4.69) is 19.2 Å². The molecule has 1 atom stereocenters. The molecule has 1 aromatic heterocycles. The van der Waals surface area contributed by atoms with Gasteiger partial charge in [-0.05, 0) is 38.8 Å². The van der Waals surface area contributed by atoms with Crippen LogP contribution in [-0.2, 0) is 16.6 Å². The van der Waals surface area contributed by atoms with E-state index in [1.54, 1.807) is 18.4 Å². The quantitative estimate of drug-likeness (QED) is 0.795. The van der Waals surface area contributed by atoms with E-state index in [-0.39, 0.29) is 6.04 Å². The Morgan fingerprint density at radius 1 is 1.33 bits per heavy atom. The van der Waals surface area contributed by atoms with Gasteiger partial charge in [-0.1, -0.05) is 20.8 Å². The standard InChI is InChI=1S/C15H28N2O2S2/c1-7-16-10-14-9-15(13(5)20-14)21(18,19)17(6)12(4)8-11(2)3/h9,11-12,16H,7-8,10H2,1-6H3. The molecule has 0 aliphatic rings. The van der Waals surface area contributed by atoms with Gasteiger partial charge in [0.1, 0.15) is 0 Å². The molecular weight excluding hydrogens is 304 g/mol. The number of hydrogen-bond acceptors (Lipinski definition) is 4. The molecule has 0 saturated carbocycles. The summed E-state index contributed by atoms with van der Waals surface area (Å²) in [5.74, 6) is 0.477. The molecule has 0 fully saturated rings. The molecule has 0 spiro atoms. The van der Waals surface area contributed by atoms with Crippen molar-refractivity contribution in [2.45, 2.75) is 58.5 Å². The maximum atomic E-state index is 12.8. The summed E-state index contributed by atoms with van der Waals surface area (Å²) in [6.45, 7) is 11.7. The molecule has 1 aromatic rings. The van der Waals surface area contributed by atoms with Gasteiger partial charge in [-0.15, -0.1) is 11.3 Å². The van der Waals surface area contributed by atoms with Gasteiger partial charge in [-0.2, -0.15) is 4.31 Å². The molecule has 0 aliphatic carbocycles. The van der Waals surface area contributed by atoms with Crippen LogP contribution in [0.1, 0.15) is 43.9 Å². The lowest BCUT2D eigenvalue weighted by Gasteiger charge is -2.25. The largest absolute Gasteiger partial charge is 0.312 e. The van der Waals surface area contributed by atoms with Crippen LogP contribution in [-0.4, -0.2) is 32.4 Å². The van der Waals surface area contributed by atoms with Crippen molar-refractivity contribution in [1.82, 2.24) is 9.62 Å². The van der Waals surface area contributed by atoms with E-state index in [0.29, 0.717) is 10.8 Å². The van der Waals surface area contributed by atoms with Crippen molar-refractivity contribution in [2.75, 3.05) is 13.6 Å². The molecule has 1 unspecified atom stereocenters. The molecule has 0 aromatic carbocycles. The fourth-order valence-corrected chi connectivity index (χ4v) is 5.28. The number of sulfonamides is 1. The molecule has 122 valence electrons. The van der Waals surface area contributed by atoms with Crippen LogP contribution in [0, 0.1) is 12.8 Å². The van der Waals surface area contributed by atoms with Crippen molar-refractivity contribution < 1.29 is 8.42 Å². The molecule has 0 saturated heterocycles. The van der Waals surface area contributed by atoms with Crippen molar-refractivity contribution in [3.8, 4) is 0 Å². The third kappa shape index (κ3) is 4.77. The molecule has 0 aliphatic heterocycles. The molecule has 1 heterocycles. The van der Waals surface area contributed by atoms with E-state index < -0.39 is 10.0 Å². The molecular formula is C15H28N2O2S2. The van der Waals surface area contributed by atoms with Crippen LogP contribution in [0.25, 0.3) is 0 Å². The molecule has 0 amide bonds. The van der Waals surface area contributed by atoms with Gasteiger partial charge in [0, 0.05) is 29.4 Å². The van der Waals surface area contributed by atoms with Crippen LogP contribution in [0.2, 0.25) is 0 Å². The first-order valence-electron chi connectivity index (χ1n) is 7.48. The Balaban J connectivity index is 2.99. The van der Waals surface area contributed by atoms with Crippen molar-refractivity contribution in [2.24, 2.45) is 5.92 Å². The second-order valence-corrected chi connectivity index (χ2v) is 9.22. The smallest absolute Gasteiger partial charge is 0.244 e. The minimum atomic E-state index is -3.40.